The third kappa shape index (κ3) is 3.22. The first-order valence-electron chi connectivity index (χ1n) is 7.14. The smallest absolute Gasteiger partial charge is 0.0969 e. The molecule has 0 bridgehead atoms. The van der Waals surface area contributed by atoms with E-state index in [9.17, 15) is 0 Å². The summed E-state index contributed by atoms with van der Waals surface area (Å²) in [6.07, 6.45) is 3.75. The maximum atomic E-state index is 8.71. The number of rotatable bonds is 6. The summed E-state index contributed by atoms with van der Waals surface area (Å²) in [4.78, 5) is 4.77. The quantitative estimate of drug-likeness (QED) is 0.780. The second kappa shape index (κ2) is 6.52. The van der Waals surface area contributed by atoms with E-state index in [1.165, 1.54) is 29.0 Å². The number of fused-ring (bicyclic) bond motifs is 1. The van der Waals surface area contributed by atoms with E-state index in [1.54, 1.807) is 0 Å². The summed E-state index contributed by atoms with van der Waals surface area (Å²) in [5, 5.41) is 13.3. The van der Waals surface area contributed by atoms with Crippen molar-refractivity contribution in [3.05, 3.63) is 27.7 Å². The minimum absolute atomic E-state index is 0.231. The number of aliphatic hydroxyl groups is 1. The summed E-state index contributed by atoms with van der Waals surface area (Å²) in [6, 6.07) is 6.31. The summed E-state index contributed by atoms with van der Waals surface area (Å²) in [5.74, 6) is 1.49. The average Bonchev–Trinajstić information content (AvgIpc) is 2.78. The van der Waals surface area contributed by atoms with Gasteiger partial charge in [-0.3, -0.25) is 0 Å². The van der Waals surface area contributed by atoms with Crippen molar-refractivity contribution in [2.24, 2.45) is 5.92 Å². The molecule has 0 aliphatic heterocycles. The maximum Gasteiger partial charge on any atom is 0.0969 e. The molecule has 5 heteroatoms. The minimum atomic E-state index is 0.231. The van der Waals surface area contributed by atoms with Gasteiger partial charge in [0.2, 0.25) is 0 Å². The molecule has 1 fully saturated rings. The van der Waals surface area contributed by atoms with Gasteiger partial charge in [0.25, 0.3) is 0 Å². The summed E-state index contributed by atoms with van der Waals surface area (Å²) in [7, 11) is 0. The molecule has 2 N–H and O–H groups in total. The zero-order chi connectivity index (χ0) is 13.9. The van der Waals surface area contributed by atoms with Gasteiger partial charge in [0, 0.05) is 16.9 Å². The summed E-state index contributed by atoms with van der Waals surface area (Å²) >= 11 is 5.35. The van der Waals surface area contributed by atoms with Crippen LogP contribution in [0.2, 0.25) is 0 Å². The van der Waals surface area contributed by atoms with E-state index < -0.39 is 0 Å². The van der Waals surface area contributed by atoms with Crippen molar-refractivity contribution in [2.75, 3.05) is 19.7 Å². The van der Waals surface area contributed by atoms with E-state index in [4.69, 9.17) is 10.1 Å². The molecule has 0 saturated heterocycles. The third-order valence-corrected chi connectivity index (χ3v) is 5.64. The standard InChI is InChI=1S/C15H19BrN2OS/c16-12-1-2-13-14(9-12)20-15(18-13)11-7-10(8-11)3-4-17-5-6-19/h1-2,9-11,17,19H,3-8H2. The number of hydrogen-bond donors (Lipinski definition) is 2. The van der Waals surface area contributed by atoms with Gasteiger partial charge < -0.3 is 10.4 Å². The predicted octanol–water partition coefficient (Wildman–Crippen LogP) is 3.52. The molecule has 3 rings (SSSR count). The molecule has 1 aromatic heterocycles. The molecule has 0 amide bonds. The molecule has 0 radical (unpaired) electrons. The SMILES string of the molecule is OCCNCCC1CC(c2nc3ccc(Br)cc3s2)C1. The van der Waals surface area contributed by atoms with Gasteiger partial charge in [-0.15, -0.1) is 11.3 Å². The fourth-order valence-electron chi connectivity index (χ4n) is 2.77. The van der Waals surface area contributed by atoms with E-state index in [0.717, 1.165) is 22.5 Å². The Bertz CT molecular complexity index is 580. The van der Waals surface area contributed by atoms with Crippen molar-refractivity contribution in [2.45, 2.75) is 25.2 Å². The van der Waals surface area contributed by atoms with E-state index in [-0.39, 0.29) is 6.61 Å². The van der Waals surface area contributed by atoms with E-state index in [0.29, 0.717) is 12.5 Å². The normalized spacial score (nSPS) is 22.1. The monoisotopic (exact) mass is 354 g/mol. The Labute approximate surface area is 131 Å². The Balaban J connectivity index is 1.53. The molecule has 1 heterocycles. The molecule has 0 atom stereocenters. The van der Waals surface area contributed by atoms with Crippen LogP contribution in [0.25, 0.3) is 10.2 Å². The van der Waals surface area contributed by atoms with Crippen LogP contribution in [0, 0.1) is 5.92 Å². The summed E-state index contributed by atoms with van der Waals surface area (Å²) in [5.41, 5.74) is 1.13. The lowest BCUT2D eigenvalue weighted by atomic mass is 9.73. The van der Waals surface area contributed by atoms with Crippen molar-refractivity contribution in [3.8, 4) is 0 Å². The molecule has 0 unspecified atom stereocenters. The average molecular weight is 355 g/mol. The summed E-state index contributed by atoms with van der Waals surface area (Å²) in [6.45, 7) is 1.96. The van der Waals surface area contributed by atoms with Crippen LogP contribution >= 0.6 is 27.3 Å². The largest absolute Gasteiger partial charge is 0.395 e. The van der Waals surface area contributed by atoms with Crippen LogP contribution in [-0.2, 0) is 0 Å². The topological polar surface area (TPSA) is 45.1 Å². The minimum Gasteiger partial charge on any atom is -0.395 e. The first kappa shape index (κ1) is 14.4. The van der Waals surface area contributed by atoms with E-state index in [2.05, 4.69) is 39.4 Å². The molecule has 3 nitrogen and oxygen atoms in total. The number of halogens is 1. The Morgan fingerprint density at radius 3 is 3.00 bits per heavy atom. The molecular weight excluding hydrogens is 336 g/mol. The van der Waals surface area contributed by atoms with E-state index >= 15 is 0 Å². The van der Waals surface area contributed by atoms with Gasteiger partial charge in [-0.25, -0.2) is 4.98 Å². The van der Waals surface area contributed by atoms with Gasteiger partial charge in [0.05, 0.1) is 21.8 Å². The molecule has 108 valence electrons. The van der Waals surface area contributed by atoms with Gasteiger partial charge in [-0.1, -0.05) is 15.9 Å². The molecule has 1 aliphatic carbocycles. The van der Waals surface area contributed by atoms with Crippen molar-refractivity contribution in [1.82, 2.24) is 10.3 Å². The Morgan fingerprint density at radius 1 is 1.35 bits per heavy atom. The van der Waals surface area contributed by atoms with Crippen molar-refractivity contribution < 1.29 is 5.11 Å². The van der Waals surface area contributed by atoms with Crippen LogP contribution in [0.1, 0.15) is 30.2 Å². The molecule has 2 aromatic rings. The lowest BCUT2D eigenvalue weighted by molar-refractivity contribution is 0.240. The fourth-order valence-corrected chi connectivity index (χ4v) is 4.42. The highest BCUT2D eigenvalue weighted by atomic mass is 79.9. The second-order valence-electron chi connectivity index (χ2n) is 5.46. The van der Waals surface area contributed by atoms with E-state index in [1.807, 2.05) is 11.3 Å². The second-order valence-corrected chi connectivity index (χ2v) is 7.44. The van der Waals surface area contributed by atoms with Gasteiger partial charge in [-0.2, -0.15) is 0 Å². The Kier molecular flexibility index (Phi) is 4.71. The van der Waals surface area contributed by atoms with Crippen molar-refractivity contribution in [1.29, 1.82) is 0 Å². The highest BCUT2D eigenvalue weighted by molar-refractivity contribution is 9.10. The fraction of sp³-hybridized carbons (Fsp3) is 0.533. The number of nitrogens with one attached hydrogen (secondary N) is 1. The zero-order valence-corrected chi connectivity index (χ0v) is 13.7. The van der Waals surface area contributed by atoms with Gasteiger partial charge >= 0.3 is 0 Å². The molecular formula is C15H19BrN2OS. The highest BCUT2D eigenvalue weighted by Gasteiger charge is 2.31. The van der Waals surface area contributed by atoms with Gasteiger partial charge in [-0.05, 0) is 49.9 Å². The van der Waals surface area contributed by atoms with Crippen LogP contribution in [0.15, 0.2) is 22.7 Å². The lowest BCUT2D eigenvalue weighted by Gasteiger charge is -2.34. The number of hydrogen-bond acceptors (Lipinski definition) is 4. The number of benzene rings is 1. The lowest BCUT2D eigenvalue weighted by Crippen LogP contribution is -2.27. The Morgan fingerprint density at radius 2 is 2.20 bits per heavy atom. The molecule has 1 aromatic carbocycles. The first-order chi connectivity index (χ1) is 9.76. The molecule has 0 spiro atoms. The van der Waals surface area contributed by atoms with Crippen molar-refractivity contribution in [3.63, 3.8) is 0 Å². The van der Waals surface area contributed by atoms with Gasteiger partial charge in [0.1, 0.15) is 0 Å². The molecule has 1 saturated carbocycles. The highest BCUT2D eigenvalue weighted by Crippen LogP contribution is 2.45. The van der Waals surface area contributed by atoms with Crippen LogP contribution in [0.5, 0.6) is 0 Å². The Hall–Kier alpha value is -0.490. The van der Waals surface area contributed by atoms with Crippen LogP contribution < -0.4 is 5.32 Å². The number of aromatic nitrogens is 1. The van der Waals surface area contributed by atoms with Crippen LogP contribution in [-0.4, -0.2) is 29.8 Å². The van der Waals surface area contributed by atoms with Crippen LogP contribution in [0.4, 0.5) is 0 Å². The third-order valence-electron chi connectivity index (χ3n) is 3.97. The van der Waals surface area contributed by atoms with Crippen molar-refractivity contribution >= 4 is 37.5 Å². The predicted molar refractivity (Wildman–Crippen MR) is 87.4 cm³/mol. The van der Waals surface area contributed by atoms with Crippen LogP contribution in [0.3, 0.4) is 0 Å². The summed E-state index contributed by atoms with van der Waals surface area (Å²) < 4.78 is 2.41. The maximum absolute atomic E-state index is 8.71. The molecule has 1 aliphatic rings. The van der Waals surface area contributed by atoms with Gasteiger partial charge in [0.15, 0.2) is 0 Å². The number of aliphatic hydroxyl groups excluding tert-OH is 1. The first-order valence-corrected chi connectivity index (χ1v) is 8.75. The number of thiazole rings is 1. The zero-order valence-electron chi connectivity index (χ0n) is 11.3. The molecule has 20 heavy (non-hydrogen) atoms. The number of nitrogens with zero attached hydrogens (tertiary/aromatic N) is 1.